The van der Waals surface area contributed by atoms with E-state index < -0.39 is 0 Å². The molecule has 0 saturated carbocycles. The predicted octanol–water partition coefficient (Wildman–Crippen LogP) is 5.54. The molecule has 1 saturated heterocycles. The zero-order valence-electron chi connectivity index (χ0n) is 21.0. The molecule has 1 fully saturated rings. The molecule has 0 radical (unpaired) electrons. The van der Waals surface area contributed by atoms with Gasteiger partial charge in [0.25, 0.3) is 0 Å². The third kappa shape index (κ3) is 4.36. The number of piperidine rings is 1. The molecule has 0 amide bonds. The summed E-state index contributed by atoms with van der Waals surface area (Å²) < 4.78 is 5.40. The summed E-state index contributed by atoms with van der Waals surface area (Å²) in [5, 5.41) is 9.10. The topological polar surface area (TPSA) is 90.7 Å². The number of hydrogen-bond acceptors (Lipinski definition) is 6. The van der Waals surface area contributed by atoms with E-state index in [0.717, 1.165) is 83.5 Å². The summed E-state index contributed by atoms with van der Waals surface area (Å²) in [6.07, 6.45) is 6.71. The Hall–Kier alpha value is -4.44. The maximum atomic E-state index is 9.10. The van der Waals surface area contributed by atoms with Gasteiger partial charge in [-0.2, -0.15) is 5.26 Å². The molecule has 2 aromatic carbocycles. The first-order chi connectivity index (χ1) is 18.1. The second kappa shape index (κ2) is 9.55. The molecule has 7 heteroatoms. The van der Waals surface area contributed by atoms with Gasteiger partial charge in [-0.25, -0.2) is 15.0 Å². The number of nitrogens with one attached hydrogen (secondary N) is 1. The number of methoxy groups -OCH3 is 1. The standard InChI is InChI=1S/C30H28N6O/c1-19-28(23-4-3-5-25(14-23)37-2)35-29(34-19)22-10-12-36(13-11-22)30-26-15-24(16-27(26)32-18-33-30)21-8-6-20(17-31)7-9-21/h3-9,14-15,18,22H,10-13,16H2,1-2H3,(H,34,35). The van der Waals surface area contributed by atoms with E-state index in [0.29, 0.717) is 11.5 Å². The number of nitrogens with zero attached hydrogens (tertiary/aromatic N) is 5. The summed E-state index contributed by atoms with van der Waals surface area (Å²) in [7, 11) is 1.69. The molecule has 7 nitrogen and oxygen atoms in total. The molecule has 1 aliphatic heterocycles. The maximum Gasteiger partial charge on any atom is 0.139 e. The summed E-state index contributed by atoms with van der Waals surface area (Å²) in [4.78, 5) is 20.2. The van der Waals surface area contributed by atoms with Crippen LogP contribution < -0.4 is 9.64 Å². The Labute approximate surface area is 216 Å². The Bertz CT molecular complexity index is 1520. The van der Waals surface area contributed by atoms with Gasteiger partial charge in [-0.05, 0) is 61.2 Å². The highest BCUT2D eigenvalue weighted by molar-refractivity contribution is 5.91. The van der Waals surface area contributed by atoms with Crippen LogP contribution in [0, 0.1) is 18.3 Å². The van der Waals surface area contributed by atoms with Gasteiger partial charge in [0.05, 0.1) is 30.1 Å². The van der Waals surface area contributed by atoms with E-state index in [1.807, 2.05) is 42.5 Å². The summed E-state index contributed by atoms with van der Waals surface area (Å²) >= 11 is 0. The zero-order chi connectivity index (χ0) is 25.4. The highest BCUT2D eigenvalue weighted by atomic mass is 16.5. The van der Waals surface area contributed by atoms with Gasteiger partial charge in [-0.3, -0.25) is 0 Å². The smallest absolute Gasteiger partial charge is 0.139 e. The lowest BCUT2D eigenvalue weighted by Crippen LogP contribution is -2.34. The third-order valence-electron chi connectivity index (χ3n) is 7.43. The SMILES string of the molecule is COc1cccc(-c2nc(C3CCN(c4ncnc5c4C=C(c4ccc(C#N)cc4)C5)CC3)[nH]c2C)c1. The van der Waals surface area contributed by atoms with Crippen LogP contribution in [0.15, 0.2) is 54.9 Å². The van der Waals surface area contributed by atoms with E-state index in [1.165, 1.54) is 5.57 Å². The van der Waals surface area contributed by atoms with Crippen LogP contribution in [0.5, 0.6) is 5.75 Å². The predicted molar refractivity (Wildman–Crippen MR) is 144 cm³/mol. The lowest BCUT2D eigenvalue weighted by molar-refractivity contribution is 0.415. The molecule has 0 unspecified atom stereocenters. The molecule has 1 N–H and O–H groups in total. The van der Waals surface area contributed by atoms with Crippen LogP contribution >= 0.6 is 0 Å². The van der Waals surface area contributed by atoms with Crippen molar-refractivity contribution in [2.24, 2.45) is 0 Å². The number of nitriles is 1. The molecule has 0 bridgehead atoms. The number of fused-ring (bicyclic) bond motifs is 1. The lowest BCUT2D eigenvalue weighted by atomic mass is 9.96. The normalized spacial score (nSPS) is 15.3. The molecule has 1 aliphatic carbocycles. The Balaban J connectivity index is 1.18. The molecular weight excluding hydrogens is 460 g/mol. The van der Waals surface area contributed by atoms with Gasteiger partial charge in [0.1, 0.15) is 23.7 Å². The second-order valence-corrected chi connectivity index (χ2v) is 9.68. The maximum absolute atomic E-state index is 9.10. The van der Waals surface area contributed by atoms with Crippen LogP contribution in [0.1, 0.15) is 52.7 Å². The van der Waals surface area contributed by atoms with Crippen molar-refractivity contribution in [1.29, 1.82) is 5.26 Å². The van der Waals surface area contributed by atoms with Crippen molar-refractivity contribution in [2.75, 3.05) is 25.1 Å². The highest BCUT2D eigenvalue weighted by Gasteiger charge is 2.28. The summed E-state index contributed by atoms with van der Waals surface area (Å²) in [5.41, 5.74) is 8.34. The number of aromatic nitrogens is 4. The number of H-pyrrole nitrogens is 1. The fourth-order valence-electron chi connectivity index (χ4n) is 5.41. The monoisotopic (exact) mass is 488 g/mol. The number of anilines is 1. The highest BCUT2D eigenvalue weighted by Crippen LogP contribution is 2.37. The van der Waals surface area contributed by atoms with Gasteiger partial charge in [0.2, 0.25) is 0 Å². The summed E-state index contributed by atoms with van der Waals surface area (Å²) in [6, 6.07) is 18.0. The van der Waals surface area contributed by atoms with Crippen molar-refractivity contribution < 1.29 is 4.74 Å². The minimum Gasteiger partial charge on any atom is -0.497 e. The van der Waals surface area contributed by atoms with E-state index in [9.17, 15) is 0 Å². The first kappa shape index (κ1) is 23.0. The average molecular weight is 489 g/mol. The first-order valence-electron chi connectivity index (χ1n) is 12.6. The number of ether oxygens (including phenoxy) is 1. The Morgan fingerprint density at radius 2 is 1.86 bits per heavy atom. The minimum absolute atomic E-state index is 0.383. The van der Waals surface area contributed by atoms with Crippen molar-refractivity contribution in [2.45, 2.75) is 32.1 Å². The molecule has 0 atom stereocenters. The number of allylic oxidation sites excluding steroid dienone is 1. The molecule has 184 valence electrons. The molecule has 6 rings (SSSR count). The fraction of sp³-hybridized carbons (Fsp3) is 0.267. The van der Waals surface area contributed by atoms with Gasteiger partial charge in [0.15, 0.2) is 0 Å². The minimum atomic E-state index is 0.383. The van der Waals surface area contributed by atoms with E-state index in [4.69, 9.17) is 20.0 Å². The Morgan fingerprint density at radius 1 is 1.05 bits per heavy atom. The zero-order valence-corrected chi connectivity index (χ0v) is 21.0. The fourth-order valence-corrected chi connectivity index (χ4v) is 5.41. The van der Waals surface area contributed by atoms with Crippen molar-refractivity contribution in [3.63, 3.8) is 0 Å². The van der Waals surface area contributed by atoms with E-state index in [1.54, 1.807) is 13.4 Å². The van der Waals surface area contributed by atoms with Crippen LogP contribution in [0.4, 0.5) is 5.82 Å². The Morgan fingerprint density at radius 3 is 2.62 bits per heavy atom. The number of imidazole rings is 1. The second-order valence-electron chi connectivity index (χ2n) is 9.68. The first-order valence-corrected chi connectivity index (χ1v) is 12.6. The van der Waals surface area contributed by atoms with Gasteiger partial charge in [-0.15, -0.1) is 0 Å². The van der Waals surface area contributed by atoms with Crippen molar-refractivity contribution in [3.8, 4) is 23.1 Å². The largest absolute Gasteiger partial charge is 0.497 e. The van der Waals surface area contributed by atoms with E-state index >= 15 is 0 Å². The van der Waals surface area contributed by atoms with Crippen molar-refractivity contribution >= 4 is 17.5 Å². The van der Waals surface area contributed by atoms with Crippen LogP contribution in [0.2, 0.25) is 0 Å². The molecular formula is C30H28N6O. The molecule has 0 spiro atoms. The average Bonchev–Trinajstić information content (AvgIpc) is 3.57. The number of rotatable bonds is 5. The molecule has 3 heterocycles. The van der Waals surface area contributed by atoms with Crippen LogP contribution in [-0.2, 0) is 6.42 Å². The number of hydrogen-bond donors (Lipinski definition) is 1. The van der Waals surface area contributed by atoms with Gasteiger partial charge in [-0.1, -0.05) is 24.3 Å². The number of aromatic amines is 1. The molecule has 2 aromatic heterocycles. The molecule has 2 aliphatic rings. The van der Waals surface area contributed by atoms with Gasteiger partial charge in [0, 0.05) is 42.2 Å². The van der Waals surface area contributed by atoms with Gasteiger partial charge < -0.3 is 14.6 Å². The molecule has 37 heavy (non-hydrogen) atoms. The van der Waals surface area contributed by atoms with E-state index in [2.05, 4.69) is 40.0 Å². The summed E-state index contributed by atoms with van der Waals surface area (Å²) in [6.45, 7) is 3.92. The van der Waals surface area contributed by atoms with Crippen LogP contribution in [-0.4, -0.2) is 40.1 Å². The van der Waals surface area contributed by atoms with Crippen LogP contribution in [0.25, 0.3) is 22.9 Å². The number of aryl methyl sites for hydroxylation is 1. The number of benzene rings is 2. The third-order valence-corrected chi connectivity index (χ3v) is 7.43. The summed E-state index contributed by atoms with van der Waals surface area (Å²) in [5.74, 6) is 3.29. The Kier molecular flexibility index (Phi) is 5.93. The van der Waals surface area contributed by atoms with Crippen molar-refractivity contribution in [1.82, 2.24) is 19.9 Å². The lowest BCUT2D eigenvalue weighted by Gasteiger charge is -2.32. The quantitative estimate of drug-likeness (QED) is 0.397. The van der Waals surface area contributed by atoms with E-state index in [-0.39, 0.29) is 0 Å². The van der Waals surface area contributed by atoms with Crippen molar-refractivity contribution in [3.05, 3.63) is 88.8 Å². The van der Waals surface area contributed by atoms with Gasteiger partial charge >= 0.3 is 0 Å². The molecule has 4 aromatic rings. The van der Waals surface area contributed by atoms with Crippen LogP contribution in [0.3, 0.4) is 0 Å².